The molecule has 3 N–H and O–H groups in total. The quantitative estimate of drug-likeness (QED) is 0.373. The predicted octanol–water partition coefficient (Wildman–Crippen LogP) is 3.01. The highest BCUT2D eigenvalue weighted by atomic mass is 16.5. The first-order valence-corrected chi connectivity index (χ1v) is 12.1. The molecule has 0 radical (unpaired) electrons. The number of fused-ring (bicyclic) bond motifs is 1. The van der Waals surface area contributed by atoms with Gasteiger partial charge in [0.05, 0.1) is 30.6 Å². The number of morpholine rings is 1. The van der Waals surface area contributed by atoms with E-state index in [2.05, 4.69) is 40.4 Å². The third-order valence-electron chi connectivity index (χ3n) is 6.71. The van der Waals surface area contributed by atoms with E-state index in [1.807, 2.05) is 31.3 Å². The van der Waals surface area contributed by atoms with Crippen molar-refractivity contribution in [2.24, 2.45) is 0 Å². The molecule has 11 heteroatoms. The van der Waals surface area contributed by atoms with Crippen molar-refractivity contribution in [3.05, 3.63) is 58.8 Å². The summed E-state index contributed by atoms with van der Waals surface area (Å²) >= 11 is 0. The van der Waals surface area contributed by atoms with Crippen molar-refractivity contribution in [3.8, 4) is 0 Å². The van der Waals surface area contributed by atoms with Crippen LogP contribution in [0, 0.1) is 6.92 Å². The number of nitrogens with zero attached hydrogens (tertiary/aromatic N) is 5. The molecule has 1 atom stereocenters. The molecule has 0 spiro atoms. The molecule has 5 heterocycles. The summed E-state index contributed by atoms with van der Waals surface area (Å²) in [6, 6.07) is 9.98. The van der Waals surface area contributed by atoms with Gasteiger partial charge in [0.15, 0.2) is 5.58 Å². The molecule has 0 saturated carbocycles. The van der Waals surface area contributed by atoms with Crippen LogP contribution in [0.3, 0.4) is 0 Å². The van der Waals surface area contributed by atoms with E-state index in [4.69, 9.17) is 9.15 Å². The minimum absolute atomic E-state index is 0.462. The van der Waals surface area contributed by atoms with E-state index in [0.717, 1.165) is 68.6 Å². The molecule has 0 amide bonds. The number of hydrogen-bond donors (Lipinski definition) is 3. The molecular weight excluding hydrogens is 460 g/mol. The molecule has 2 aliphatic heterocycles. The Bertz CT molecular complexity index is 1410. The second kappa shape index (κ2) is 9.59. The first-order chi connectivity index (χ1) is 17.6. The van der Waals surface area contributed by atoms with Crippen molar-refractivity contribution < 1.29 is 9.15 Å². The van der Waals surface area contributed by atoms with Crippen LogP contribution in [0.15, 0.2) is 51.9 Å². The molecule has 6 rings (SSSR count). The van der Waals surface area contributed by atoms with Crippen molar-refractivity contribution in [2.45, 2.75) is 19.4 Å². The average Bonchev–Trinajstić information content (AvgIpc) is 3.53. The van der Waals surface area contributed by atoms with Gasteiger partial charge in [0.25, 0.3) is 0 Å². The van der Waals surface area contributed by atoms with Crippen molar-refractivity contribution in [1.29, 1.82) is 0 Å². The lowest BCUT2D eigenvalue weighted by Crippen LogP contribution is -2.44. The van der Waals surface area contributed by atoms with Crippen LogP contribution in [-0.4, -0.2) is 70.3 Å². The lowest BCUT2D eigenvalue weighted by molar-refractivity contribution is 0.0209. The van der Waals surface area contributed by atoms with Crippen molar-refractivity contribution >= 4 is 40.1 Å². The Hall–Kier alpha value is -3.96. The van der Waals surface area contributed by atoms with E-state index < -0.39 is 5.76 Å². The average molecular weight is 489 g/mol. The van der Waals surface area contributed by atoms with Crippen LogP contribution in [0.4, 0.5) is 29.0 Å². The molecule has 0 bridgehead atoms. The molecule has 36 heavy (non-hydrogen) atoms. The first kappa shape index (κ1) is 22.5. The molecule has 186 valence electrons. The number of aryl methyl sites for hydroxylation is 1. The molecule has 1 aromatic carbocycles. The zero-order chi connectivity index (χ0) is 24.5. The van der Waals surface area contributed by atoms with Crippen LogP contribution >= 0.6 is 0 Å². The molecule has 2 saturated heterocycles. The number of anilines is 5. The molecule has 2 fully saturated rings. The van der Waals surface area contributed by atoms with Gasteiger partial charge < -0.3 is 24.7 Å². The van der Waals surface area contributed by atoms with E-state index in [1.54, 1.807) is 18.3 Å². The van der Waals surface area contributed by atoms with E-state index in [1.165, 1.54) is 0 Å². The van der Waals surface area contributed by atoms with Crippen molar-refractivity contribution in [1.82, 2.24) is 24.8 Å². The summed E-state index contributed by atoms with van der Waals surface area (Å²) < 4.78 is 10.6. The van der Waals surface area contributed by atoms with E-state index >= 15 is 0 Å². The topological polar surface area (TPSA) is 124 Å². The molecule has 3 aromatic heterocycles. The fourth-order valence-electron chi connectivity index (χ4n) is 4.76. The second-order valence-electron chi connectivity index (χ2n) is 9.14. The molecule has 1 unspecified atom stereocenters. The maximum absolute atomic E-state index is 11.4. The largest absolute Gasteiger partial charge is 0.417 e. The van der Waals surface area contributed by atoms with Gasteiger partial charge in [0, 0.05) is 49.7 Å². The number of rotatable bonds is 6. The normalized spacial score (nSPS) is 18.6. The van der Waals surface area contributed by atoms with Gasteiger partial charge in [-0.25, -0.2) is 14.8 Å². The standard InChI is InChI=1S/C25H28N8O3/c1-16-13-27-24(31-23(16)28-17-2-4-21-20(12-17)30-25(34)36-21)29-18-3-5-22(26-14-18)33-7-6-19(15-33)32-8-10-35-11-9-32/h2-5,12-14,19H,6-11,15H2,1H3,(H,30,34)(H2,27,28,29,31). The molecular formula is C25H28N8O3. The summed E-state index contributed by atoms with van der Waals surface area (Å²) in [7, 11) is 0. The Labute approximate surface area is 207 Å². The maximum Gasteiger partial charge on any atom is 0.417 e. The molecule has 11 nitrogen and oxygen atoms in total. The highest BCUT2D eigenvalue weighted by Gasteiger charge is 2.29. The zero-order valence-corrected chi connectivity index (χ0v) is 20.0. The van der Waals surface area contributed by atoms with Crippen molar-refractivity contribution in [2.75, 3.05) is 54.9 Å². The van der Waals surface area contributed by atoms with Gasteiger partial charge in [0.1, 0.15) is 11.6 Å². The maximum atomic E-state index is 11.4. The molecule has 2 aliphatic rings. The summed E-state index contributed by atoms with van der Waals surface area (Å²) in [6.07, 6.45) is 4.73. The molecule has 0 aliphatic carbocycles. The minimum Gasteiger partial charge on any atom is -0.408 e. The molecule has 4 aromatic rings. The Balaban J connectivity index is 1.11. The van der Waals surface area contributed by atoms with Crippen LogP contribution in [0.25, 0.3) is 11.1 Å². The lowest BCUT2D eigenvalue weighted by atomic mass is 10.2. The third kappa shape index (κ3) is 4.75. The predicted molar refractivity (Wildman–Crippen MR) is 137 cm³/mol. The Morgan fingerprint density at radius 3 is 2.72 bits per heavy atom. The number of H-pyrrole nitrogens is 1. The first-order valence-electron chi connectivity index (χ1n) is 12.1. The fourth-order valence-corrected chi connectivity index (χ4v) is 4.76. The SMILES string of the molecule is Cc1cnc(Nc2ccc(N3CCC(N4CCOCC4)C3)nc2)nc1Nc1ccc2oc(=O)[nH]c2c1. The third-order valence-corrected chi connectivity index (χ3v) is 6.71. The number of ether oxygens (including phenoxy) is 1. The summed E-state index contributed by atoms with van der Waals surface area (Å²) in [6.45, 7) is 7.62. The van der Waals surface area contributed by atoms with Gasteiger partial charge in [0.2, 0.25) is 5.95 Å². The Morgan fingerprint density at radius 2 is 1.89 bits per heavy atom. The number of benzene rings is 1. The number of oxazole rings is 1. The highest BCUT2D eigenvalue weighted by Crippen LogP contribution is 2.25. The number of hydrogen-bond acceptors (Lipinski definition) is 10. The zero-order valence-electron chi connectivity index (χ0n) is 20.0. The summed E-state index contributed by atoms with van der Waals surface area (Å²) in [4.78, 5) is 32.7. The summed E-state index contributed by atoms with van der Waals surface area (Å²) in [5.74, 6) is 1.63. The summed E-state index contributed by atoms with van der Waals surface area (Å²) in [5, 5.41) is 6.53. The van der Waals surface area contributed by atoms with E-state index in [-0.39, 0.29) is 0 Å². The Morgan fingerprint density at radius 1 is 1.03 bits per heavy atom. The van der Waals surface area contributed by atoms with Crippen LogP contribution < -0.4 is 21.3 Å². The van der Waals surface area contributed by atoms with Gasteiger partial charge in [-0.15, -0.1) is 0 Å². The number of aromatic nitrogens is 4. The van der Waals surface area contributed by atoms with Gasteiger partial charge in [-0.3, -0.25) is 9.88 Å². The van der Waals surface area contributed by atoms with E-state index in [9.17, 15) is 4.79 Å². The van der Waals surface area contributed by atoms with Crippen LogP contribution in [0.5, 0.6) is 0 Å². The van der Waals surface area contributed by atoms with Gasteiger partial charge in [-0.2, -0.15) is 4.98 Å². The van der Waals surface area contributed by atoms with Crippen molar-refractivity contribution in [3.63, 3.8) is 0 Å². The highest BCUT2D eigenvalue weighted by molar-refractivity contribution is 5.78. The van der Waals surface area contributed by atoms with Gasteiger partial charge >= 0.3 is 5.76 Å². The number of pyridine rings is 1. The van der Waals surface area contributed by atoms with Gasteiger partial charge in [-0.05, 0) is 43.7 Å². The fraction of sp³-hybridized carbons (Fsp3) is 0.360. The smallest absolute Gasteiger partial charge is 0.408 e. The Kier molecular flexibility index (Phi) is 5.99. The second-order valence-corrected chi connectivity index (χ2v) is 9.14. The van der Waals surface area contributed by atoms with E-state index in [0.29, 0.717) is 28.9 Å². The lowest BCUT2D eigenvalue weighted by Gasteiger charge is -2.32. The van der Waals surface area contributed by atoms with Crippen LogP contribution in [-0.2, 0) is 4.74 Å². The number of nitrogens with one attached hydrogen (secondary N) is 3. The van der Waals surface area contributed by atoms with Crippen LogP contribution in [0.1, 0.15) is 12.0 Å². The monoisotopic (exact) mass is 488 g/mol. The van der Waals surface area contributed by atoms with Gasteiger partial charge in [-0.1, -0.05) is 0 Å². The van der Waals surface area contributed by atoms with Crippen LogP contribution in [0.2, 0.25) is 0 Å². The number of aromatic amines is 1. The summed E-state index contributed by atoms with van der Waals surface area (Å²) in [5.41, 5.74) is 3.61. The minimum atomic E-state index is -0.479.